The van der Waals surface area contributed by atoms with Crippen LogP contribution in [-0.4, -0.2) is 45.5 Å². The predicted octanol–water partition coefficient (Wildman–Crippen LogP) is 2.00. The number of benzene rings is 1. The van der Waals surface area contributed by atoms with E-state index in [1.54, 1.807) is 30.4 Å². The molecule has 1 N–H and O–H groups in total. The van der Waals surface area contributed by atoms with Gasteiger partial charge in [0.15, 0.2) is 11.5 Å². The molecule has 1 rings (SSSR count). The van der Waals surface area contributed by atoms with Gasteiger partial charge in [-0.25, -0.2) is 0 Å². The molecule has 0 spiro atoms. The summed E-state index contributed by atoms with van der Waals surface area (Å²) in [5.74, 6) is 1.26. The van der Waals surface area contributed by atoms with Crippen LogP contribution in [0.1, 0.15) is 12.0 Å². The maximum atomic E-state index is 11.6. The lowest BCUT2D eigenvalue weighted by molar-refractivity contribution is -0.757. The summed E-state index contributed by atoms with van der Waals surface area (Å²) in [6, 6.07) is 3.56. The van der Waals surface area contributed by atoms with Crippen LogP contribution in [0.3, 0.4) is 0 Å². The van der Waals surface area contributed by atoms with Crippen molar-refractivity contribution < 1.29 is 28.9 Å². The van der Waals surface area contributed by atoms with Gasteiger partial charge in [0.1, 0.15) is 0 Å². The van der Waals surface area contributed by atoms with Crippen LogP contribution >= 0.6 is 0 Å². The van der Waals surface area contributed by atoms with Crippen LogP contribution in [0.5, 0.6) is 17.2 Å². The Morgan fingerprint density at radius 2 is 1.81 bits per heavy atom. The van der Waals surface area contributed by atoms with Crippen molar-refractivity contribution in [1.29, 1.82) is 0 Å². The molecule has 0 unspecified atom stereocenters. The summed E-state index contributed by atoms with van der Waals surface area (Å²) in [5, 5.41) is 11.7. The van der Waals surface area contributed by atoms with Gasteiger partial charge in [-0.2, -0.15) is 0 Å². The number of carbonyl (C=O) groups excluding carboxylic acids is 1. The van der Waals surface area contributed by atoms with E-state index in [1.165, 1.54) is 27.4 Å². The average Bonchev–Trinajstić information content (AvgIpc) is 2.63. The number of rotatable bonds is 11. The van der Waals surface area contributed by atoms with Gasteiger partial charge < -0.3 is 24.4 Å². The molecule has 0 aromatic heterocycles. The van der Waals surface area contributed by atoms with Gasteiger partial charge >= 0.3 is 0 Å². The van der Waals surface area contributed by atoms with Gasteiger partial charge in [0.05, 0.1) is 27.9 Å². The molecular formula is C17H22N2O7. The first-order valence-corrected chi connectivity index (χ1v) is 7.71. The summed E-state index contributed by atoms with van der Waals surface area (Å²) in [7, 11) is 4.60. The van der Waals surface area contributed by atoms with Crippen molar-refractivity contribution in [1.82, 2.24) is 5.32 Å². The highest BCUT2D eigenvalue weighted by Gasteiger charge is 2.11. The minimum Gasteiger partial charge on any atom is -0.493 e. The molecule has 9 heteroatoms. The Balaban J connectivity index is 2.56. The summed E-state index contributed by atoms with van der Waals surface area (Å²) >= 11 is 0. The zero-order valence-electron chi connectivity index (χ0n) is 14.9. The number of carbonyl (C=O) groups is 1. The first kappa shape index (κ1) is 20.8. The van der Waals surface area contributed by atoms with E-state index in [0.717, 1.165) is 5.56 Å². The highest BCUT2D eigenvalue weighted by molar-refractivity contribution is 5.87. The second-order valence-corrected chi connectivity index (χ2v) is 4.88. The van der Waals surface area contributed by atoms with E-state index >= 15 is 0 Å². The smallest absolute Gasteiger partial charge is 0.294 e. The Kier molecular flexibility index (Phi) is 9.08. The Morgan fingerprint density at radius 1 is 1.15 bits per heavy atom. The number of amides is 1. The van der Waals surface area contributed by atoms with Crippen molar-refractivity contribution >= 4 is 12.0 Å². The molecule has 0 radical (unpaired) electrons. The molecule has 1 aromatic rings. The van der Waals surface area contributed by atoms with E-state index in [1.807, 2.05) is 0 Å². The molecule has 0 aliphatic rings. The number of allylic oxidation sites excluding steroid dienone is 2. The van der Waals surface area contributed by atoms with Crippen LogP contribution in [0.15, 0.2) is 30.4 Å². The zero-order valence-corrected chi connectivity index (χ0v) is 14.9. The fourth-order valence-electron chi connectivity index (χ4n) is 1.99. The molecule has 0 atom stereocenters. The molecule has 9 nitrogen and oxygen atoms in total. The summed E-state index contributed by atoms with van der Waals surface area (Å²) < 4.78 is 15.8. The third-order valence-electron chi connectivity index (χ3n) is 3.15. The van der Waals surface area contributed by atoms with E-state index < -0.39 is 5.09 Å². The number of ether oxygens (including phenoxy) is 3. The topological polar surface area (TPSA) is 109 Å². The van der Waals surface area contributed by atoms with E-state index in [0.29, 0.717) is 23.7 Å². The molecule has 142 valence electrons. The molecule has 0 bridgehead atoms. The fraction of sp³-hybridized carbons (Fsp3) is 0.353. The third-order valence-corrected chi connectivity index (χ3v) is 3.15. The molecule has 26 heavy (non-hydrogen) atoms. The second-order valence-electron chi connectivity index (χ2n) is 4.88. The van der Waals surface area contributed by atoms with Crippen LogP contribution in [0, 0.1) is 10.1 Å². The summed E-state index contributed by atoms with van der Waals surface area (Å²) in [6.45, 7) is 0.228. The van der Waals surface area contributed by atoms with Gasteiger partial charge in [0, 0.05) is 12.6 Å². The van der Waals surface area contributed by atoms with Crippen molar-refractivity contribution in [2.75, 3.05) is 34.5 Å². The van der Waals surface area contributed by atoms with Crippen molar-refractivity contribution in [2.24, 2.45) is 0 Å². The normalized spacial score (nSPS) is 10.7. The van der Waals surface area contributed by atoms with Gasteiger partial charge in [0.25, 0.3) is 5.09 Å². The number of nitrogens with one attached hydrogen (secondary N) is 1. The molecule has 0 aliphatic heterocycles. The van der Waals surface area contributed by atoms with Crippen LogP contribution in [0.25, 0.3) is 6.08 Å². The van der Waals surface area contributed by atoms with Crippen LogP contribution in [0.4, 0.5) is 0 Å². The monoisotopic (exact) mass is 366 g/mol. The van der Waals surface area contributed by atoms with Crippen molar-refractivity contribution in [3.8, 4) is 17.2 Å². The molecular weight excluding hydrogens is 344 g/mol. The van der Waals surface area contributed by atoms with E-state index in [4.69, 9.17) is 14.2 Å². The maximum absolute atomic E-state index is 11.6. The van der Waals surface area contributed by atoms with E-state index in [-0.39, 0.29) is 19.1 Å². The van der Waals surface area contributed by atoms with Gasteiger partial charge in [0.2, 0.25) is 11.7 Å². The van der Waals surface area contributed by atoms with Crippen molar-refractivity contribution in [3.05, 3.63) is 46.0 Å². The molecule has 0 saturated carbocycles. The van der Waals surface area contributed by atoms with Gasteiger partial charge in [-0.15, -0.1) is 10.1 Å². The predicted molar refractivity (Wildman–Crippen MR) is 94.8 cm³/mol. The first-order chi connectivity index (χ1) is 12.5. The quantitative estimate of drug-likeness (QED) is 0.210. The molecule has 0 heterocycles. The Bertz CT molecular complexity index is 646. The van der Waals surface area contributed by atoms with E-state index in [9.17, 15) is 14.9 Å². The molecule has 0 saturated heterocycles. The SMILES string of the molecule is COc1cc(C=CC=CC(=O)NCCCO[N+](=O)[O-])cc(OC)c1OC. The summed E-state index contributed by atoms with van der Waals surface area (Å²) in [5.41, 5.74) is 0.807. The van der Waals surface area contributed by atoms with Crippen molar-refractivity contribution in [2.45, 2.75) is 6.42 Å². The first-order valence-electron chi connectivity index (χ1n) is 7.71. The fourth-order valence-corrected chi connectivity index (χ4v) is 1.99. The molecule has 0 fully saturated rings. The second kappa shape index (κ2) is 11.3. The molecule has 1 amide bonds. The number of hydrogen-bond donors (Lipinski definition) is 1. The highest BCUT2D eigenvalue weighted by atomic mass is 16.9. The van der Waals surface area contributed by atoms with Gasteiger partial charge in [-0.05, 0) is 24.1 Å². The largest absolute Gasteiger partial charge is 0.493 e. The lowest BCUT2D eigenvalue weighted by Crippen LogP contribution is -2.23. The average molecular weight is 366 g/mol. The minimum atomic E-state index is -0.865. The molecule has 0 aliphatic carbocycles. The molecule has 1 aromatic carbocycles. The van der Waals surface area contributed by atoms with Gasteiger partial charge in [-0.1, -0.05) is 18.2 Å². The van der Waals surface area contributed by atoms with Crippen LogP contribution in [0.2, 0.25) is 0 Å². The van der Waals surface area contributed by atoms with Crippen LogP contribution < -0.4 is 19.5 Å². The summed E-state index contributed by atoms with van der Waals surface area (Å²) in [4.78, 5) is 25.7. The lowest BCUT2D eigenvalue weighted by atomic mass is 10.1. The minimum absolute atomic E-state index is 0.0575. The van der Waals surface area contributed by atoms with E-state index in [2.05, 4.69) is 10.2 Å². The van der Waals surface area contributed by atoms with Gasteiger partial charge in [-0.3, -0.25) is 4.79 Å². The number of methoxy groups -OCH3 is 3. The zero-order chi connectivity index (χ0) is 19.4. The number of hydrogen-bond acceptors (Lipinski definition) is 7. The summed E-state index contributed by atoms with van der Waals surface area (Å²) in [6.07, 6.45) is 6.74. The van der Waals surface area contributed by atoms with Crippen LogP contribution in [-0.2, 0) is 9.63 Å². The Morgan fingerprint density at radius 3 is 2.35 bits per heavy atom. The Labute approximate surface area is 151 Å². The maximum Gasteiger partial charge on any atom is 0.294 e. The third kappa shape index (κ3) is 7.12. The highest BCUT2D eigenvalue weighted by Crippen LogP contribution is 2.38. The lowest BCUT2D eigenvalue weighted by Gasteiger charge is -2.12. The number of nitrogens with zero attached hydrogens (tertiary/aromatic N) is 1. The standard InChI is InChI=1S/C17H22N2O7/c1-23-14-11-13(12-15(24-2)17(14)25-3)7-4-5-8-16(20)18-9-6-10-26-19(21)22/h4-5,7-8,11-12H,6,9-10H2,1-3H3,(H,18,20). The van der Waals surface area contributed by atoms with Crippen molar-refractivity contribution in [3.63, 3.8) is 0 Å². The Hall–Kier alpha value is -3.23.